The number of carbonyl (C=O) groups excluding carboxylic acids is 2. The van der Waals surface area contributed by atoms with E-state index < -0.39 is 0 Å². The number of carbonyl (C=O) groups is 2. The third-order valence-corrected chi connectivity index (χ3v) is 3.71. The van der Waals surface area contributed by atoms with Crippen molar-refractivity contribution in [1.82, 2.24) is 25.3 Å². The Labute approximate surface area is 149 Å². The number of piperidine rings is 1. The van der Waals surface area contributed by atoms with Crippen molar-refractivity contribution < 1.29 is 9.59 Å². The molecule has 2 heterocycles. The average molecular weight is 358 g/mol. The maximum atomic E-state index is 12.4. The van der Waals surface area contributed by atoms with E-state index in [1.807, 2.05) is 31.6 Å². The van der Waals surface area contributed by atoms with Crippen LogP contribution in [0.2, 0.25) is 0 Å². The van der Waals surface area contributed by atoms with Crippen LogP contribution >= 0.6 is 12.4 Å². The number of aromatic nitrogens is 2. The molecule has 1 saturated heterocycles. The summed E-state index contributed by atoms with van der Waals surface area (Å²) in [6.45, 7) is 7.66. The summed E-state index contributed by atoms with van der Waals surface area (Å²) in [7, 11) is 1.62. The summed E-state index contributed by atoms with van der Waals surface area (Å²) in [5, 5.41) is 10.6. The Kier molecular flexibility index (Phi) is 7.23. The van der Waals surface area contributed by atoms with Crippen molar-refractivity contribution in [3.63, 3.8) is 0 Å². The van der Waals surface area contributed by atoms with Crippen LogP contribution in [0.25, 0.3) is 0 Å². The highest BCUT2D eigenvalue weighted by Crippen LogP contribution is 2.16. The topological polar surface area (TPSA) is 79.3 Å². The van der Waals surface area contributed by atoms with E-state index in [9.17, 15) is 9.59 Å². The van der Waals surface area contributed by atoms with Crippen molar-refractivity contribution in [2.24, 2.45) is 0 Å². The first-order valence-electron chi connectivity index (χ1n) is 8.08. The maximum Gasteiger partial charge on any atom is 0.274 e. The summed E-state index contributed by atoms with van der Waals surface area (Å²) in [4.78, 5) is 25.7. The minimum absolute atomic E-state index is 0. The third kappa shape index (κ3) is 5.79. The molecule has 0 bridgehead atoms. The molecule has 7 nitrogen and oxygen atoms in total. The molecule has 0 spiro atoms. The monoisotopic (exact) mass is 357 g/mol. The van der Waals surface area contributed by atoms with Crippen molar-refractivity contribution >= 4 is 24.2 Å². The summed E-state index contributed by atoms with van der Waals surface area (Å²) < 4.78 is 1.85. The molecule has 24 heavy (non-hydrogen) atoms. The summed E-state index contributed by atoms with van der Waals surface area (Å²) in [5.74, 6) is -0.416. The van der Waals surface area contributed by atoms with Crippen LogP contribution < -0.4 is 10.6 Å². The summed E-state index contributed by atoms with van der Waals surface area (Å²) >= 11 is 0. The molecular weight excluding hydrogens is 330 g/mol. The predicted octanol–water partition coefficient (Wildman–Crippen LogP) is 1.22. The molecular formula is C16H28ClN5O2. The van der Waals surface area contributed by atoms with Crippen LogP contribution in [0, 0.1) is 0 Å². The largest absolute Gasteiger partial charge is 0.350 e. The lowest BCUT2D eigenvalue weighted by atomic mass is 10.1. The van der Waals surface area contributed by atoms with Crippen LogP contribution in [0.15, 0.2) is 12.3 Å². The van der Waals surface area contributed by atoms with Gasteiger partial charge < -0.3 is 15.5 Å². The SMILES string of the molecule is CN(CC(=O)NC(C)(C)C)C(=O)c1ccn(C2CCCNC2)n1.Cl. The van der Waals surface area contributed by atoms with Crippen LogP contribution in [0.4, 0.5) is 0 Å². The van der Waals surface area contributed by atoms with Gasteiger partial charge in [0.05, 0.1) is 12.6 Å². The fourth-order valence-electron chi connectivity index (χ4n) is 2.66. The molecule has 2 amide bonds. The van der Waals surface area contributed by atoms with Gasteiger partial charge in [-0.1, -0.05) is 0 Å². The van der Waals surface area contributed by atoms with Gasteiger partial charge >= 0.3 is 0 Å². The number of halogens is 1. The normalized spacial score (nSPS) is 17.8. The molecule has 1 fully saturated rings. The molecule has 136 valence electrons. The lowest BCUT2D eigenvalue weighted by molar-refractivity contribution is -0.122. The summed E-state index contributed by atoms with van der Waals surface area (Å²) in [6, 6.07) is 2.01. The minimum atomic E-state index is -0.309. The standard InChI is InChI=1S/C16H27N5O2.ClH/c1-16(2,3)18-14(22)11-20(4)15(23)13-7-9-21(19-13)12-6-5-8-17-10-12;/h7,9,12,17H,5-6,8,10-11H2,1-4H3,(H,18,22);1H. The van der Waals surface area contributed by atoms with E-state index in [0.29, 0.717) is 11.7 Å². The van der Waals surface area contributed by atoms with Gasteiger partial charge in [-0.15, -0.1) is 12.4 Å². The molecule has 1 atom stereocenters. The van der Waals surface area contributed by atoms with Gasteiger partial charge in [0.15, 0.2) is 0 Å². The second kappa shape index (κ2) is 8.48. The second-order valence-electron chi connectivity index (χ2n) is 7.14. The predicted molar refractivity (Wildman–Crippen MR) is 95.5 cm³/mol. The zero-order valence-electron chi connectivity index (χ0n) is 14.8. The Morgan fingerprint density at radius 3 is 2.75 bits per heavy atom. The minimum Gasteiger partial charge on any atom is -0.350 e. The maximum absolute atomic E-state index is 12.4. The van der Waals surface area contributed by atoms with Crippen LogP contribution in [0.3, 0.4) is 0 Å². The number of hydrogen-bond acceptors (Lipinski definition) is 4. The Hall–Kier alpha value is -1.60. The molecule has 2 rings (SSSR count). The second-order valence-corrected chi connectivity index (χ2v) is 7.14. The van der Waals surface area contributed by atoms with Crippen molar-refractivity contribution in [1.29, 1.82) is 0 Å². The zero-order valence-corrected chi connectivity index (χ0v) is 15.7. The molecule has 1 unspecified atom stereocenters. The van der Waals surface area contributed by atoms with Gasteiger partial charge in [0.2, 0.25) is 5.91 Å². The molecule has 0 saturated carbocycles. The van der Waals surface area contributed by atoms with Gasteiger partial charge in [-0.2, -0.15) is 5.10 Å². The van der Waals surface area contributed by atoms with Gasteiger partial charge in [0.1, 0.15) is 5.69 Å². The number of amides is 2. The van der Waals surface area contributed by atoms with Gasteiger partial charge in [-0.25, -0.2) is 0 Å². The molecule has 1 aliphatic heterocycles. The highest BCUT2D eigenvalue weighted by Gasteiger charge is 2.22. The quantitative estimate of drug-likeness (QED) is 0.849. The first kappa shape index (κ1) is 20.4. The zero-order chi connectivity index (χ0) is 17.0. The molecule has 0 radical (unpaired) electrons. The first-order chi connectivity index (χ1) is 10.8. The van der Waals surface area contributed by atoms with Crippen molar-refractivity contribution in [3.8, 4) is 0 Å². The molecule has 0 aliphatic carbocycles. The Bertz CT molecular complexity index is 561. The smallest absolute Gasteiger partial charge is 0.274 e. The first-order valence-corrected chi connectivity index (χ1v) is 8.08. The Morgan fingerprint density at radius 2 is 2.17 bits per heavy atom. The van der Waals surface area contributed by atoms with E-state index >= 15 is 0 Å². The van der Waals surface area contributed by atoms with Crippen molar-refractivity contribution in [2.75, 3.05) is 26.7 Å². The van der Waals surface area contributed by atoms with Crippen molar-refractivity contribution in [3.05, 3.63) is 18.0 Å². The van der Waals surface area contributed by atoms with Crippen LogP contribution in [-0.2, 0) is 4.79 Å². The van der Waals surface area contributed by atoms with E-state index in [2.05, 4.69) is 15.7 Å². The molecule has 0 aromatic carbocycles. The third-order valence-electron chi connectivity index (χ3n) is 3.71. The summed E-state index contributed by atoms with van der Waals surface area (Å²) in [5.41, 5.74) is 0.0675. The fraction of sp³-hybridized carbons (Fsp3) is 0.688. The van der Waals surface area contributed by atoms with Gasteiger partial charge in [-0.05, 0) is 46.2 Å². The molecule has 1 aliphatic rings. The van der Waals surface area contributed by atoms with Gasteiger partial charge in [0.25, 0.3) is 5.91 Å². The lowest BCUT2D eigenvalue weighted by Gasteiger charge is -2.23. The molecule has 1 aromatic heterocycles. The van der Waals surface area contributed by atoms with Gasteiger partial charge in [0, 0.05) is 25.3 Å². The lowest BCUT2D eigenvalue weighted by Crippen LogP contribution is -2.46. The number of nitrogens with one attached hydrogen (secondary N) is 2. The molecule has 1 aromatic rings. The van der Waals surface area contributed by atoms with E-state index in [1.165, 1.54) is 4.90 Å². The van der Waals surface area contributed by atoms with Crippen LogP contribution in [-0.4, -0.2) is 58.7 Å². The van der Waals surface area contributed by atoms with Crippen LogP contribution in [0.1, 0.15) is 50.1 Å². The number of likely N-dealkylation sites (N-methyl/N-ethyl adjacent to an activating group) is 1. The highest BCUT2D eigenvalue weighted by atomic mass is 35.5. The van der Waals surface area contributed by atoms with E-state index in [1.54, 1.807) is 13.1 Å². The molecule has 2 N–H and O–H groups in total. The number of hydrogen-bond donors (Lipinski definition) is 2. The number of nitrogens with zero attached hydrogens (tertiary/aromatic N) is 3. The Balaban J connectivity index is 0.00000288. The Morgan fingerprint density at radius 1 is 1.46 bits per heavy atom. The fourth-order valence-corrected chi connectivity index (χ4v) is 2.66. The van der Waals surface area contributed by atoms with Crippen molar-refractivity contribution in [2.45, 2.75) is 45.2 Å². The average Bonchev–Trinajstić information content (AvgIpc) is 2.95. The van der Waals surface area contributed by atoms with Gasteiger partial charge in [-0.3, -0.25) is 14.3 Å². The summed E-state index contributed by atoms with van der Waals surface area (Å²) in [6.07, 6.45) is 4.01. The van der Waals surface area contributed by atoms with E-state index in [-0.39, 0.29) is 36.3 Å². The molecule has 8 heteroatoms. The number of rotatable bonds is 4. The highest BCUT2D eigenvalue weighted by molar-refractivity contribution is 5.94. The van der Waals surface area contributed by atoms with E-state index in [0.717, 1.165) is 25.9 Å². The van der Waals surface area contributed by atoms with Crippen LogP contribution in [0.5, 0.6) is 0 Å². The van der Waals surface area contributed by atoms with E-state index in [4.69, 9.17) is 0 Å².